The summed E-state index contributed by atoms with van der Waals surface area (Å²) in [5, 5.41) is -0.178. The number of aromatic amines is 1. The van der Waals surface area contributed by atoms with Crippen LogP contribution in [-0.2, 0) is 6.18 Å². The number of H-pyrrole nitrogens is 1. The van der Waals surface area contributed by atoms with Crippen LogP contribution in [0.25, 0.3) is 10.9 Å². The number of hydrogen-bond acceptors (Lipinski definition) is 2. The number of nitrogens with one attached hydrogen (secondary N) is 1. The Hall–Kier alpha value is -2.19. The molecule has 2 heterocycles. The number of piperidine rings is 1. The fraction of sp³-hybridized carbons (Fsp3) is 0.438. The SMILES string of the molecule is O=c1ccc2c(C(F)(F)F)c(N3CCC(C(F)(F)F)CC3)ccc2[nH]1. The van der Waals surface area contributed by atoms with E-state index in [9.17, 15) is 31.1 Å². The number of halogens is 6. The molecular weight excluding hydrogens is 350 g/mol. The number of rotatable bonds is 1. The monoisotopic (exact) mass is 364 g/mol. The largest absolute Gasteiger partial charge is 0.419 e. The van der Waals surface area contributed by atoms with Gasteiger partial charge in [-0.2, -0.15) is 26.3 Å². The average molecular weight is 364 g/mol. The first kappa shape index (κ1) is 17.6. The van der Waals surface area contributed by atoms with Gasteiger partial charge in [-0.3, -0.25) is 4.79 Å². The number of benzene rings is 1. The highest BCUT2D eigenvalue weighted by Crippen LogP contribution is 2.43. The first-order valence-electron chi connectivity index (χ1n) is 7.62. The van der Waals surface area contributed by atoms with E-state index in [0.29, 0.717) is 0 Å². The molecule has 9 heteroatoms. The summed E-state index contributed by atoms with van der Waals surface area (Å²) < 4.78 is 79.1. The number of hydrogen-bond donors (Lipinski definition) is 1. The maximum atomic E-state index is 13.6. The molecule has 0 radical (unpaired) electrons. The van der Waals surface area contributed by atoms with Gasteiger partial charge in [-0.15, -0.1) is 0 Å². The van der Waals surface area contributed by atoms with Crippen LogP contribution < -0.4 is 10.5 Å². The van der Waals surface area contributed by atoms with Crippen molar-refractivity contribution in [1.29, 1.82) is 0 Å². The highest BCUT2D eigenvalue weighted by molar-refractivity contribution is 5.88. The van der Waals surface area contributed by atoms with E-state index < -0.39 is 29.4 Å². The van der Waals surface area contributed by atoms with E-state index in [0.717, 1.165) is 12.1 Å². The molecule has 1 aliphatic heterocycles. The molecule has 3 rings (SSSR count). The Morgan fingerprint density at radius 3 is 2.16 bits per heavy atom. The van der Waals surface area contributed by atoms with Crippen molar-refractivity contribution in [2.24, 2.45) is 5.92 Å². The molecule has 0 amide bonds. The summed E-state index contributed by atoms with van der Waals surface area (Å²) in [6, 6.07) is 4.63. The van der Waals surface area contributed by atoms with Gasteiger partial charge in [0.25, 0.3) is 0 Å². The standard InChI is InChI=1S/C16H14F6N2O/c17-15(18,19)9-5-7-24(8-6-9)12-3-2-11-10(1-4-13(25)23-11)14(12)16(20,21)22/h1-4,9H,5-8H2,(H,23,25). The number of aromatic nitrogens is 1. The van der Waals surface area contributed by atoms with Gasteiger partial charge >= 0.3 is 12.4 Å². The molecule has 0 spiro atoms. The van der Waals surface area contributed by atoms with Gasteiger partial charge in [-0.25, -0.2) is 0 Å². The normalized spacial score (nSPS) is 17.3. The summed E-state index contributed by atoms with van der Waals surface area (Å²) in [6.45, 7) is -0.218. The third kappa shape index (κ3) is 3.45. The van der Waals surface area contributed by atoms with Gasteiger partial charge < -0.3 is 9.88 Å². The summed E-state index contributed by atoms with van der Waals surface area (Å²) in [7, 11) is 0. The van der Waals surface area contributed by atoms with Gasteiger partial charge in [-0.1, -0.05) is 0 Å². The predicted octanol–water partition coefficient (Wildman–Crippen LogP) is 4.33. The van der Waals surface area contributed by atoms with E-state index in [1.165, 1.54) is 17.0 Å². The van der Waals surface area contributed by atoms with Crippen molar-refractivity contribution < 1.29 is 26.3 Å². The molecule has 1 aromatic carbocycles. The maximum Gasteiger partial charge on any atom is 0.419 e. The maximum absolute atomic E-state index is 13.6. The van der Waals surface area contributed by atoms with Crippen molar-refractivity contribution in [3.8, 4) is 0 Å². The second-order valence-corrected chi connectivity index (χ2v) is 6.04. The lowest BCUT2D eigenvalue weighted by Gasteiger charge is -2.36. The Balaban J connectivity index is 2.02. The minimum atomic E-state index is -4.70. The lowest BCUT2D eigenvalue weighted by atomic mass is 9.94. The van der Waals surface area contributed by atoms with Gasteiger partial charge in [0, 0.05) is 35.7 Å². The van der Waals surface area contributed by atoms with E-state index in [2.05, 4.69) is 4.98 Å². The van der Waals surface area contributed by atoms with Crippen molar-refractivity contribution in [2.45, 2.75) is 25.2 Å². The minimum absolute atomic E-state index is 0.0359. The average Bonchev–Trinajstić information content (AvgIpc) is 2.52. The van der Waals surface area contributed by atoms with Crippen LogP contribution in [0.2, 0.25) is 0 Å². The van der Waals surface area contributed by atoms with Gasteiger partial charge in [0.15, 0.2) is 0 Å². The summed E-state index contributed by atoms with van der Waals surface area (Å²) >= 11 is 0. The molecule has 0 atom stereocenters. The fourth-order valence-corrected chi connectivity index (χ4v) is 3.23. The van der Waals surface area contributed by atoms with Crippen molar-refractivity contribution in [2.75, 3.05) is 18.0 Å². The Labute approximate surface area is 138 Å². The second-order valence-electron chi connectivity index (χ2n) is 6.04. The molecule has 0 saturated carbocycles. The van der Waals surface area contributed by atoms with Crippen LogP contribution in [-0.4, -0.2) is 24.2 Å². The number of alkyl halides is 6. The zero-order valence-electron chi connectivity index (χ0n) is 12.8. The van der Waals surface area contributed by atoms with Crippen molar-refractivity contribution in [3.63, 3.8) is 0 Å². The van der Waals surface area contributed by atoms with Crippen LogP contribution in [0.15, 0.2) is 29.1 Å². The topological polar surface area (TPSA) is 36.1 Å². The first-order chi connectivity index (χ1) is 11.6. The molecule has 1 aliphatic rings. The lowest BCUT2D eigenvalue weighted by molar-refractivity contribution is -0.179. The number of anilines is 1. The zero-order valence-corrected chi connectivity index (χ0v) is 12.8. The molecule has 3 nitrogen and oxygen atoms in total. The van der Waals surface area contributed by atoms with Gasteiger partial charge in [0.2, 0.25) is 5.56 Å². The molecule has 1 fully saturated rings. The summed E-state index contributed by atoms with van der Waals surface area (Å²) in [4.78, 5) is 15.0. The van der Waals surface area contributed by atoms with E-state index in [1.807, 2.05) is 0 Å². The van der Waals surface area contributed by atoms with E-state index >= 15 is 0 Å². The molecule has 1 aromatic heterocycles. The van der Waals surface area contributed by atoms with Crippen LogP contribution in [0.5, 0.6) is 0 Å². The Bertz CT molecular complexity index is 831. The molecule has 1 N–H and O–H groups in total. The molecule has 25 heavy (non-hydrogen) atoms. The predicted molar refractivity (Wildman–Crippen MR) is 80.6 cm³/mol. The van der Waals surface area contributed by atoms with Crippen molar-refractivity contribution >= 4 is 16.6 Å². The highest BCUT2D eigenvalue weighted by Gasteiger charge is 2.43. The zero-order chi connectivity index (χ0) is 18.4. The Morgan fingerprint density at radius 2 is 1.60 bits per heavy atom. The molecule has 1 saturated heterocycles. The minimum Gasteiger partial charge on any atom is -0.371 e. The first-order valence-corrected chi connectivity index (χ1v) is 7.62. The number of fused-ring (bicyclic) bond motifs is 1. The summed E-state index contributed by atoms with van der Waals surface area (Å²) in [5.74, 6) is -1.49. The van der Waals surface area contributed by atoms with E-state index in [1.54, 1.807) is 0 Å². The quantitative estimate of drug-likeness (QED) is 0.765. The number of pyridine rings is 1. The van der Waals surface area contributed by atoms with Gasteiger partial charge in [-0.05, 0) is 31.0 Å². The van der Waals surface area contributed by atoms with Crippen LogP contribution in [0, 0.1) is 5.92 Å². The van der Waals surface area contributed by atoms with Gasteiger partial charge in [0.05, 0.1) is 11.5 Å². The molecule has 0 unspecified atom stereocenters. The molecule has 0 bridgehead atoms. The van der Waals surface area contributed by atoms with Crippen LogP contribution in [0.4, 0.5) is 32.0 Å². The second kappa shape index (κ2) is 5.96. The van der Waals surface area contributed by atoms with Crippen LogP contribution in [0.3, 0.4) is 0 Å². The third-order valence-electron chi connectivity index (χ3n) is 4.46. The number of nitrogens with zero attached hydrogens (tertiary/aromatic N) is 1. The van der Waals surface area contributed by atoms with Crippen molar-refractivity contribution in [3.05, 3.63) is 40.2 Å². The van der Waals surface area contributed by atoms with Crippen molar-refractivity contribution in [1.82, 2.24) is 4.98 Å². The molecule has 136 valence electrons. The van der Waals surface area contributed by atoms with Crippen LogP contribution in [0.1, 0.15) is 18.4 Å². The molecule has 2 aromatic rings. The fourth-order valence-electron chi connectivity index (χ4n) is 3.23. The highest BCUT2D eigenvalue weighted by atomic mass is 19.4. The Kier molecular flexibility index (Phi) is 4.20. The third-order valence-corrected chi connectivity index (χ3v) is 4.46. The summed E-state index contributed by atoms with van der Waals surface area (Å²) in [5.41, 5.74) is -1.59. The summed E-state index contributed by atoms with van der Waals surface area (Å²) in [6.07, 6.45) is -9.52. The Morgan fingerprint density at radius 1 is 0.960 bits per heavy atom. The molecular formula is C16H14F6N2O. The molecule has 0 aliphatic carbocycles. The lowest BCUT2D eigenvalue weighted by Crippen LogP contribution is -2.39. The van der Waals surface area contributed by atoms with E-state index in [-0.39, 0.29) is 42.5 Å². The van der Waals surface area contributed by atoms with E-state index in [4.69, 9.17) is 0 Å². The van der Waals surface area contributed by atoms with Gasteiger partial charge in [0.1, 0.15) is 0 Å². The van der Waals surface area contributed by atoms with Crippen LogP contribution >= 0.6 is 0 Å². The smallest absolute Gasteiger partial charge is 0.371 e.